The van der Waals surface area contributed by atoms with Crippen molar-refractivity contribution in [1.29, 1.82) is 0 Å². The van der Waals surface area contributed by atoms with Crippen LogP contribution in [0.5, 0.6) is 11.6 Å². The number of benzene rings is 1. The molecule has 0 atom stereocenters. The molecule has 2 aliphatic heterocycles. The molecule has 0 spiro atoms. The number of rotatable bonds is 6. The molecule has 0 radical (unpaired) electrons. The third-order valence-corrected chi connectivity index (χ3v) is 8.05. The van der Waals surface area contributed by atoms with Crippen molar-refractivity contribution in [2.24, 2.45) is 0 Å². The molecular formula is C21H26N4O4S. The minimum Gasteiger partial charge on any atom is -0.493 e. The first-order valence-corrected chi connectivity index (χ1v) is 11.9. The van der Waals surface area contributed by atoms with E-state index in [-0.39, 0.29) is 6.04 Å². The van der Waals surface area contributed by atoms with Crippen LogP contribution < -0.4 is 14.4 Å². The lowest BCUT2D eigenvalue weighted by molar-refractivity contribution is 0.308. The SMILES string of the molecule is COc1cc(N(C2CC2)C2CCN(S(=O)(=O)c3ccc4c(c3)CCO4)CC2)ncn1. The molecule has 0 unspecified atom stereocenters. The molecule has 1 saturated heterocycles. The molecule has 0 amide bonds. The largest absolute Gasteiger partial charge is 0.493 e. The zero-order valence-corrected chi connectivity index (χ0v) is 17.8. The molecule has 0 bridgehead atoms. The number of fused-ring (bicyclic) bond motifs is 1. The van der Waals surface area contributed by atoms with Crippen molar-refractivity contribution in [3.63, 3.8) is 0 Å². The van der Waals surface area contributed by atoms with E-state index < -0.39 is 10.0 Å². The molecule has 5 rings (SSSR count). The molecule has 3 heterocycles. The average molecular weight is 431 g/mol. The highest BCUT2D eigenvalue weighted by atomic mass is 32.2. The topological polar surface area (TPSA) is 84.9 Å². The molecule has 3 aliphatic rings. The van der Waals surface area contributed by atoms with Gasteiger partial charge < -0.3 is 14.4 Å². The fraction of sp³-hybridized carbons (Fsp3) is 0.524. The first-order valence-electron chi connectivity index (χ1n) is 10.5. The summed E-state index contributed by atoms with van der Waals surface area (Å²) >= 11 is 0. The van der Waals surface area contributed by atoms with Gasteiger partial charge in [0.2, 0.25) is 15.9 Å². The molecule has 8 nitrogen and oxygen atoms in total. The maximum Gasteiger partial charge on any atom is 0.243 e. The summed E-state index contributed by atoms with van der Waals surface area (Å²) in [5.41, 5.74) is 0.976. The van der Waals surface area contributed by atoms with Crippen LogP contribution in [-0.4, -0.2) is 61.6 Å². The smallest absolute Gasteiger partial charge is 0.243 e. The van der Waals surface area contributed by atoms with E-state index in [1.54, 1.807) is 29.6 Å². The third kappa shape index (κ3) is 3.60. The molecule has 1 aromatic heterocycles. The van der Waals surface area contributed by atoms with E-state index in [2.05, 4.69) is 14.9 Å². The standard InChI is InChI=1S/C21H26N4O4S/c1-28-21-13-20(22-14-23-21)25(16-2-3-16)17-6-9-24(10-7-17)30(26,27)18-4-5-19-15(12-18)8-11-29-19/h4-5,12-14,16-17H,2-3,6-11H2,1H3. The van der Waals surface area contributed by atoms with E-state index in [1.165, 1.54) is 6.33 Å². The van der Waals surface area contributed by atoms with Crippen LogP contribution in [0.15, 0.2) is 35.5 Å². The number of hydrogen-bond acceptors (Lipinski definition) is 7. The van der Waals surface area contributed by atoms with Gasteiger partial charge in [-0.05, 0) is 49.4 Å². The Morgan fingerprint density at radius 1 is 1.10 bits per heavy atom. The van der Waals surface area contributed by atoms with E-state index in [1.807, 2.05) is 6.07 Å². The Kier molecular flexibility index (Phi) is 5.02. The number of hydrogen-bond donors (Lipinski definition) is 0. The Labute approximate surface area is 176 Å². The molecule has 9 heteroatoms. The van der Waals surface area contributed by atoms with Crippen molar-refractivity contribution in [1.82, 2.24) is 14.3 Å². The van der Waals surface area contributed by atoms with Gasteiger partial charge in [-0.2, -0.15) is 4.31 Å². The predicted molar refractivity (Wildman–Crippen MR) is 112 cm³/mol. The lowest BCUT2D eigenvalue weighted by Gasteiger charge is -2.39. The van der Waals surface area contributed by atoms with Crippen molar-refractivity contribution in [3.05, 3.63) is 36.2 Å². The molecule has 1 aromatic carbocycles. The highest BCUT2D eigenvalue weighted by molar-refractivity contribution is 7.89. The first-order chi connectivity index (χ1) is 14.6. The maximum absolute atomic E-state index is 13.2. The average Bonchev–Trinajstić information content (AvgIpc) is 3.49. The van der Waals surface area contributed by atoms with E-state index >= 15 is 0 Å². The Morgan fingerprint density at radius 3 is 2.60 bits per heavy atom. The zero-order valence-electron chi connectivity index (χ0n) is 17.0. The quantitative estimate of drug-likeness (QED) is 0.695. The van der Waals surface area contributed by atoms with Crippen LogP contribution >= 0.6 is 0 Å². The van der Waals surface area contributed by atoms with Gasteiger partial charge in [0.25, 0.3) is 0 Å². The summed E-state index contributed by atoms with van der Waals surface area (Å²) in [6.07, 6.45) is 6.12. The molecular weight excluding hydrogens is 404 g/mol. The minimum atomic E-state index is -3.50. The second-order valence-corrected chi connectivity index (χ2v) is 10.00. The monoisotopic (exact) mass is 430 g/mol. The maximum atomic E-state index is 13.2. The predicted octanol–water partition coefficient (Wildman–Crippen LogP) is 2.24. The highest BCUT2D eigenvalue weighted by Crippen LogP contribution is 2.37. The number of methoxy groups -OCH3 is 1. The van der Waals surface area contributed by atoms with Crippen LogP contribution in [0.25, 0.3) is 0 Å². The van der Waals surface area contributed by atoms with Crippen molar-refractivity contribution >= 4 is 15.8 Å². The van der Waals surface area contributed by atoms with Crippen LogP contribution in [0.4, 0.5) is 5.82 Å². The van der Waals surface area contributed by atoms with Gasteiger partial charge in [-0.15, -0.1) is 0 Å². The molecule has 1 aliphatic carbocycles. The normalized spacial score (nSPS) is 19.9. The third-order valence-electron chi connectivity index (χ3n) is 6.16. The molecule has 0 N–H and O–H groups in total. The van der Waals surface area contributed by atoms with Crippen molar-refractivity contribution in [2.45, 2.75) is 49.1 Å². The minimum absolute atomic E-state index is 0.261. The van der Waals surface area contributed by atoms with Gasteiger partial charge >= 0.3 is 0 Å². The van der Waals surface area contributed by atoms with Crippen LogP contribution in [0, 0.1) is 0 Å². The lowest BCUT2D eigenvalue weighted by Crippen LogP contribution is -2.48. The second-order valence-electron chi connectivity index (χ2n) is 8.06. The highest BCUT2D eigenvalue weighted by Gasteiger charge is 2.38. The summed E-state index contributed by atoms with van der Waals surface area (Å²) in [4.78, 5) is 11.3. The van der Waals surface area contributed by atoms with Crippen LogP contribution in [0.3, 0.4) is 0 Å². The molecule has 30 heavy (non-hydrogen) atoms. The summed E-state index contributed by atoms with van der Waals surface area (Å²) < 4.78 is 38.8. The zero-order chi connectivity index (χ0) is 20.7. The summed E-state index contributed by atoms with van der Waals surface area (Å²) in [7, 11) is -1.90. The fourth-order valence-corrected chi connectivity index (χ4v) is 5.96. The summed E-state index contributed by atoms with van der Waals surface area (Å²) in [6.45, 7) is 1.63. The van der Waals surface area contributed by atoms with Gasteiger partial charge in [0.05, 0.1) is 18.6 Å². The number of piperidine rings is 1. The Balaban J connectivity index is 1.31. The Morgan fingerprint density at radius 2 is 1.87 bits per heavy atom. The van der Waals surface area contributed by atoms with E-state index in [4.69, 9.17) is 9.47 Å². The van der Waals surface area contributed by atoms with Crippen LogP contribution in [0.1, 0.15) is 31.2 Å². The number of anilines is 1. The first kappa shape index (κ1) is 19.6. The van der Waals surface area contributed by atoms with Crippen molar-refractivity contribution in [3.8, 4) is 11.6 Å². The molecule has 2 fully saturated rings. The van der Waals surface area contributed by atoms with Crippen molar-refractivity contribution in [2.75, 3.05) is 31.7 Å². The van der Waals surface area contributed by atoms with Gasteiger partial charge in [-0.3, -0.25) is 0 Å². The summed E-state index contributed by atoms with van der Waals surface area (Å²) in [5.74, 6) is 2.21. The number of sulfonamides is 1. The molecule has 1 saturated carbocycles. The summed E-state index contributed by atoms with van der Waals surface area (Å²) in [5, 5.41) is 0. The second kappa shape index (κ2) is 7.70. The number of ether oxygens (including phenoxy) is 2. The van der Waals surface area contributed by atoms with E-state index in [0.717, 1.165) is 49.2 Å². The van der Waals surface area contributed by atoms with Gasteiger partial charge in [0.1, 0.15) is 17.9 Å². The van der Waals surface area contributed by atoms with Gasteiger partial charge in [0.15, 0.2) is 0 Å². The van der Waals surface area contributed by atoms with E-state index in [0.29, 0.717) is 36.5 Å². The van der Waals surface area contributed by atoms with Crippen molar-refractivity contribution < 1.29 is 17.9 Å². The fourth-order valence-electron chi connectivity index (χ4n) is 4.44. The Bertz CT molecular complexity index is 1030. The van der Waals surface area contributed by atoms with Crippen LogP contribution in [0.2, 0.25) is 0 Å². The van der Waals surface area contributed by atoms with E-state index in [9.17, 15) is 8.42 Å². The molecule has 2 aromatic rings. The van der Waals surface area contributed by atoms with Gasteiger partial charge in [0, 0.05) is 37.7 Å². The Hall–Kier alpha value is -2.39. The van der Waals surface area contributed by atoms with Gasteiger partial charge in [-0.25, -0.2) is 18.4 Å². The van der Waals surface area contributed by atoms with Gasteiger partial charge in [-0.1, -0.05) is 0 Å². The molecule has 160 valence electrons. The van der Waals surface area contributed by atoms with Crippen LogP contribution in [-0.2, 0) is 16.4 Å². The summed E-state index contributed by atoms with van der Waals surface area (Å²) in [6, 6.07) is 7.81. The number of aromatic nitrogens is 2. The lowest BCUT2D eigenvalue weighted by atomic mass is 10.0. The number of nitrogens with zero attached hydrogens (tertiary/aromatic N) is 4.